The Balaban J connectivity index is 0.624. The average Bonchev–Trinajstić information content (AvgIpc) is 1.59. The van der Waals surface area contributed by atoms with E-state index >= 15 is 0 Å². The average molecular weight is 1370 g/mol. The zero-order valence-electron chi connectivity index (χ0n) is 55.4. The molecule has 12 heteroatoms. The maximum absolute atomic E-state index is 6.51. The third kappa shape index (κ3) is 11.0. The van der Waals surface area contributed by atoms with Crippen molar-refractivity contribution >= 4 is 85.2 Å². The highest BCUT2D eigenvalue weighted by Crippen LogP contribution is 2.48. The predicted octanol–water partition coefficient (Wildman–Crippen LogP) is 24.7. The summed E-state index contributed by atoms with van der Waals surface area (Å²) in [6.45, 7) is 0. The zero-order chi connectivity index (χ0) is 68.6. The maximum atomic E-state index is 6.51. The first-order valence-electron chi connectivity index (χ1n) is 34.3. The Hall–Kier alpha value is -13.5. The van der Waals surface area contributed by atoms with Gasteiger partial charge in [0.25, 0.3) is 0 Å². The summed E-state index contributed by atoms with van der Waals surface area (Å²) in [6.07, 6.45) is 0. The Morgan fingerprint density at radius 1 is 0.183 bits per heavy atom. The van der Waals surface area contributed by atoms with Gasteiger partial charge in [0.05, 0.1) is 0 Å². The molecule has 10 nitrogen and oxygen atoms in total. The van der Waals surface area contributed by atoms with Crippen molar-refractivity contribution in [3.63, 3.8) is 0 Å². The number of benzene rings is 14. The van der Waals surface area contributed by atoms with E-state index < -0.39 is 0 Å². The van der Waals surface area contributed by atoms with Crippen LogP contribution in [0.4, 0.5) is 0 Å². The van der Waals surface area contributed by atoms with Gasteiger partial charge in [-0.25, -0.2) is 39.9 Å². The molecule has 0 amide bonds. The number of hydrogen-bond acceptors (Lipinski definition) is 12. The fourth-order valence-corrected chi connectivity index (χ4v) is 16.7. The molecule has 0 N–H and O–H groups in total. The summed E-state index contributed by atoms with van der Waals surface area (Å²) in [6, 6.07) is 113. The van der Waals surface area contributed by atoms with Gasteiger partial charge >= 0.3 is 0 Å². The van der Waals surface area contributed by atoms with Gasteiger partial charge in [-0.3, -0.25) is 0 Å². The first-order valence-corrected chi connectivity index (χ1v) is 36.0. The topological polar surface area (TPSA) is 129 Å². The Morgan fingerprint density at radius 2 is 0.529 bits per heavy atom. The van der Waals surface area contributed by atoms with Crippen LogP contribution >= 0.6 is 22.7 Å². The molecule has 0 radical (unpaired) electrons. The van der Waals surface area contributed by atoms with E-state index in [1.54, 1.807) is 22.7 Å². The van der Waals surface area contributed by atoms with Gasteiger partial charge in [0, 0.05) is 90.4 Å². The van der Waals surface area contributed by atoms with E-state index in [1.165, 1.54) is 10.1 Å². The minimum Gasteiger partial charge on any atom is -0.436 e. The predicted molar refractivity (Wildman–Crippen MR) is 425 cm³/mol. The van der Waals surface area contributed by atoms with Crippen molar-refractivity contribution in [1.29, 1.82) is 0 Å². The van der Waals surface area contributed by atoms with Gasteiger partial charge in [-0.2, -0.15) is 0 Å². The SMILES string of the molecule is c1ccc(-c2ccc3nc(-c4ccc(-c5cc(-c6ccc(-c7ccc8oc(-c9ccc(-c%10cccc%11c%10sc%10c(-c%12nc(-c%13ccccc%13)nc(-c%13ccccc%13)n%12)cccc%10%11)cc9)nc8c7)cc6)cc6c5sc5c(-c7nc(-c8ccccc8)nc(-c8ccccc8)n7)cccc56)cc4)oc3c2)cc1. The first-order chi connectivity index (χ1) is 51.5. The van der Waals surface area contributed by atoms with Crippen LogP contribution in [0.25, 0.3) is 209 Å². The van der Waals surface area contributed by atoms with Gasteiger partial charge in [-0.1, -0.05) is 255 Å². The second-order valence-electron chi connectivity index (χ2n) is 25.7. The van der Waals surface area contributed by atoms with Crippen LogP contribution in [-0.2, 0) is 0 Å². The molecule has 104 heavy (non-hydrogen) atoms. The number of fused-ring (bicyclic) bond motifs is 8. The van der Waals surface area contributed by atoms with E-state index in [4.69, 9.17) is 48.7 Å². The van der Waals surface area contributed by atoms with Crippen LogP contribution in [-0.4, -0.2) is 39.9 Å². The molecule has 0 bridgehead atoms. The molecule has 20 aromatic rings. The molecule has 20 rings (SSSR count). The minimum absolute atomic E-state index is 0.561. The molecule has 0 saturated heterocycles. The second kappa shape index (κ2) is 25.3. The van der Waals surface area contributed by atoms with Crippen LogP contribution in [0.3, 0.4) is 0 Å². The summed E-state index contributed by atoms with van der Waals surface area (Å²) in [5, 5.41) is 4.60. The Bertz CT molecular complexity index is 6570. The van der Waals surface area contributed by atoms with Crippen LogP contribution < -0.4 is 0 Å². The van der Waals surface area contributed by atoms with Gasteiger partial charge in [-0.15, -0.1) is 22.7 Å². The van der Waals surface area contributed by atoms with E-state index in [-0.39, 0.29) is 0 Å². The Morgan fingerprint density at radius 3 is 1.03 bits per heavy atom. The zero-order valence-corrected chi connectivity index (χ0v) is 57.0. The summed E-state index contributed by atoms with van der Waals surface area (Å²) >= 11 is 3.54. The lowest BCUT2D eigenvalue weighted by Gasteiger charge is -2.10. The molecule has 6 aromatic heterocycles. The number of hydrogen-bond donors (Lipinski definition) is 0. The van der Waals surface area contributed by atoms with Crippen LogP contribution in [0.5, 0.6) is 0 Å². The standard InChI is InChI=1S/C92H54N8O2S2/c1-6-19-55(20-7-1)67-47-49-77-80(54-67)102-91(93-77)64-45-41-59(42-46-64)75-51-68(52-76-72-32-18-34-74(83(72)104-84(75)76)90-99-87(62-25-12-4-13-26-62)96-88(100-90)63-27-14-5-15-28-63)57-37-35-56(36-38-57)66-48-50-79-78(53-66)94-92(101-79)65-43-39-58(40-44-65)69-29-16-30-70-71-31-17-33-73(82(71)103-81(69)70)89-97-85(60-21-8-2-9-22-60)95-86(98-89)61-23-10-3-11-24-61/h1-54H. The van der Waals surface area contributed by atoms with E-state index in [1.807, 2.05) is 152 Å². The number of thiophene rings is 2. The maximum Gasteiger partial charge on any atom is 0.227 e. The van der Waals surface area contributed by atoms with Crippen molar-refractivity contribution in [1.82, 2.24) is 39.9 Å². The van der Waals surface area contributed by atoms with Crippen LogP contribution in [0, 0.1) is 0 Å². The van der Waals surface area contributed by atoms with E-state index in [2.05, 4.69) is 176 Å². The van der Waals surface area contributed by atoms with E-state index in [0.29, 0.717) is 46.7 Å². The van der Waals surface area contributed by atoms with Crippen LogP contribution in [0.1, 0.15) is 0 Å². The summed E-state index contributed by atoms with van der Waals surface area (Å²) in [7, 11) is 0. The molecule has 0 spiro atoms. The molecule has 0 aliphatic rings. The molecule has 0 saturated carbocycles. The first kappa shape index (κ1) is 60.4. The van der Waals surface area contributed by atoms with Crippen molar-refractivity contribution in [3.05, 3.63) is 328 Å². The van der Waals surface area contributed by atoms with Gasteiger partial charge in [-0.05, 0) is 123 Å². The minimum atomic E-state index is 0.561. The highest BCUT2D eigenvalue weighted by Gasteiger charge is 2.23. The number of rotatable bonds is 13. The molecule has 6 heterocycles. The van der Waals surface area contributed by atoms with Crippen molar-refractivity contribution in [3.8, 4) is 147 Å². The van der Waals surface area contributed by atoms with Gasteiger partial charge < -0.3 is 8.83 Å². The van der Waals surface area contributed by atoms with Crippen molar-refractivity contribution in [2.45, 2.75) is 0 Å². The number of oxazole rings is 2. The summed E-state index contributed by atoms with van der Waals surface area (Å²) in [4.78, 5) is 40.7. The van der Waals surface area contributed by atoms with E-state index in [0.717, 1.165) is 153 Å². The molecule has 0 unspecified atom stereocenters. The van der Waals surface area contributed by atoms with Crippen molar-refractivity contribution in [2.24, 2.45) is 0 Å². The lowest BCUT2D eigenvalue weighted by atomic mass is 9.94. The highest BCUT2D eigenvalue weighted by atomic mass is 32.1. The normalized spacial score (nSPS) is 11.7. The molecule has 0 aliphatic heterocycles. The van der Waals surface area contributed by atoms with Gasteiger partial charge in [0.1, 0.15) is 11.0 Å². The molecule has 0 aliphatic carbocycles. The summed E-state index contributed by atoms with van der Waals surface area (Å²) < 4.78 is 17.6. The second-order valence-corrected chi connectivity index (χ2v) is 27.8. The van der Waals surface area contributed by atoms with Crippen LogP contribution in [0.15, 0.2) is 336 Å². The highest BCUT2D eigenvalue weighted by molar-refractivity contribution is 7.27. The Kier molecular flexibility index (Phi) is 14.7. The quantitative estimate of drug-likeness (QED) is 0.110. The van der Waals surface area contributed by atoms with Crippen molar-refractivity contribution in [2.75, 3.05) is 0 Å². The lowest BCUT2D eigenvalue weighted by molar-refractivity contribution is 0.619. The molecule has 14 aromatic carbocycles. The monoisotopic (exact) mass is 1370 g/mol. The molecular weight excluding hydrogens is 1310 g/mol. The third-order valence-corrected chi connectivity index (χ3v) is 21.9. The summed E-state index contributed by atoms with van der Waals surface area (Å²) in [5.74, 6) is 4.89. The molecular formula is C92H54N8O2S2. The van der Waals surface area contributed by atoms with Gasteiger partial charge in [0.15, 0.2) is 46.1 Å². The molecule has 0 fully saturated rings. The fourth-order valence-electron chi connectivity index (χ4n) is 14.1. The number of nitrogens with zero attached hydrogens (tertiary/aromatic N) is 8. The molecule has 0 atom stereocenters. The molecule has 486 valence electrons. The van der Waals surface area contributed by atoms with E-state index in [9.17, 15) is 0 Å². The summed E-state index contributed by atoms with van der Waals surface area (Å²) in [5.41, 5.74) is 21.3. The smallest absolute Gasteiger partial charge is 0.227 e. The van der Waals surface area contributed by atoms with Crippen molar-refractivity contribution < 1.29 is 8.83 Å². The van der Waals surface area contributed by atoms with Crippen LogP contribution in [0.2, 0.25) is 0 Å². The largest absolute Gasteiger partial charge is 0.436 e. The number of aromatic nitrogens is 8. The fraction of sp³-hybridized carbons (Fsp3) is 0. The van der Waals surface area contributed by atoms with Gasteiger partial charge in [0.2, 0.25) is 11.8 Å². The lowest BCUT2D eigenvalue weighted by Crippen LogP contribution is -2.00. The Labute approximate surface area is 604 Å². The third-order valence-electron chi connectivity index (χ3n) is 19.3.